The van der Waals surface area contributed by atoms with Gasteiger partial charge in [-0.05, 0) is 18.6 Å². The number of amides is 2. The number of carbonyl (C=O) groups excluding carboxylic acids is 1. The first kappa shape index (κ1) is 21.2. The molecule has 2 atom stereocenters. The second-order valence-corrected chi connectivity index (χ2v) is 8.17. The number of urea groups is 1. The summed E-state index contributed by atoms with van der Waals surface area (Å²) in [5.74, 6) is 1.35. The highest BCUT2D eigenvalue weighted by molar-refractivity contribution is 5.74. The largest absolute Gasteiger partial charge is 0.495 e. The van der Waals surface area contributed by atoms with Gasteiger partial charge in [0.05, 0.1) is 32.6 Å². The normalized spacial score (nSPS) is 24.0. The SMILES string of the molecule is COc1ccccc1N1CCN(C(=O)NC[C@@H]([C@@H]2CCOC2)N2CCOCC2)CC1. The molecule has 3 fully saturated rings. The molecule has 0 spiro atoms. The van der Waals surface area contributed by atoms with Crippen LogP contribution in [0.15, 0.2) is 24.3 Å². The summed E-state index contributed by atoms with van der Waals surface area (Å²) >= 11 is 0. The fourth-order valence-corrected chi connectivity index (χ4v) is 4.70. The summed E-state index contributed by atoms with van der Waals surface area (Å²) in [6.45, 7) is 8.68. The van der Waals surface area contributed by atoms with Crippen LogP contribution in [-0.2, 0) is 9.47 Å². The third-order valence-electron chi connectivity index (χ3n) is 6.48. The second kappa shape index (κ2) is 10.3. The van der Waals surface area contributed by atoms with Crippen LogP contribution >= 0.6 is 0 Å². The van der Waals surface area contributed by atoms with Gasteiger partial charge in [0.1, 0.15) is 5.75 Å². The molecule has 3 aliphatic rings. The number of methoxy groups -OCH3 is 1. The highest BCUT2D eigenvalue weighted by Crippen LogP contribution is 2.28. The van der Waals surface area contributed by atoms with Gasteiger partial charge in [0.25, 0.3) is 0 Å². The van der Waals surface area contributed by atoms with Crippen LogP contribution in [0.25, 0.3) is 0 Å². The zero-order valence-electron chi connectivity index (χ0n) is 17.9. The Morgan fingerprint density at radius 1 is 1.10 bits per heavy atom. The fourth-order valence-electron chi connectivity index (χ4n) is 4.70. The van der Waals surface area contributed by atoms with Crippen molar-refractivity contribution in [3.63, 3.8) is 0 Å². The molecule has 0 bridgehead atoms. The zero-order valence-corrected chi connectivity index (χ0v) is 17.9. The molecule has 1 aromatic rings. The first-order chi connectivity index (χ1) is 14.8. The third-order valence-corrected chi connectivity index (χ3v) is 6.48. The Morgan fingerprint density at radius 2 is 1.87 bits per heavy atom. The van der Waals surface area contributed by atoms with Crippen molar-refractivity contribution >= 4 is 11.7 Å². The first-order valence-corrected chi connectivity index (χ1v) is 11.1. The summed E-state index contributed by atoms with van der Waals surface area (Å²) in [6.07, 6.45) is 1.06. The number of hydrogen-bond donors (Lipinski definition) is 1. The Labute approximate surface area is 179 Å². The fraction of sp³-hybridized carbons (Fsp3) is 0.682. The topological polar surface area (TPSA) is 66.5 Å². The predicted octanol–water partition coefficient (Wildman–Crippen LogP) is 1.26. The van der Waals surface area contributed by atoms with Crippen molar-refractivity contribution in [2.75, 3.05) is 84.3 Å². The van der Waals surface area contributed by atoms with Crippen molar-refractivity contribution in [1.82, 2.24) is 15.1 Å². The Balaban J connectivity index is 1.29. The maximum Gasteiger partial charge on any atom is 0.317 e. The maximum absolute atomic E-state index is 12.9. The number of carbonyl (C=O) groups is 1. The van der Waals surface area contributed by atoms with Gasteiger partial charge in [-0.3, -0.25) is 4.90 Å². The molecule has 1 aromatic carbocycles. The summed E-state index contributed by atoms with van der Waals surface area (Å²) in [6, 6.07) is 8.40. The van der Waals surface area contributed by atoms with Gasteiger partial charge in [0.2, 0.25) is 0 Å². The molecule has 3 aliphatic heterocycles. The van der Waals surface area contributed by atoms with Crippen LogP contribution in [0.5, 0.6) is 5.75 Å². The van der Waals surface area contributed by atoms with Crippen molar-refractivity contribution in [2.24, 2.45) is 5.92 Å². The van der Waals surface area contributed by atoms with Gasteiger partial charge in [-0.15, -0.1) is 0 Å². The number of benzene rings is 1. The van der Waals surface area contributed by atoms with Gasteiger partial charge in [-0.2, -0.15) is 0 Å². The van der Waals surface area contributed by atoms with E-state index in [0.29, 0.717) is 31.6 Å². The molecule has 3 heterocycles. The zero-order chi connectivity index (χ0) is 20.8. The third kappa shape index (κ3) is 4.99. The number of para-hydroxylation sites is 2. The van der Waals surface area contributed by atoms with Gasteiger partial charge in [0, 0.05) is 64.4 Å². The molecule has 30 heavy (non-hydrogen) atoms. The van der Waals surface area contributed by atoms with E-state index in [1.165, 1.54) is 0 Å². The van der Waals surface area contributed by atoms with Crippen molar-refractivity contribution in [2.45, 2.75) is 12.5 Å². The molecule has 2 amide bonds. The summed E-state index contributed by atoms with van der Waals surface area (Å²) in [5, 5.41) is 3.21. The minimum Gasteiger partial charge on any atom is -0.495 e. The Morgan fingerprint density at radius 3 is 2.57 bits per heavy atom. The molecule has 0 radical (unpaired) electrons. The van der Waals surface area contributed by atoms with Gasteiger partial charge in [-0.25, -0.2) is 4.79 Å². The highest BCUT2D eigenvalue weighted by atomic mass is 16.5. The lowest BCUT2D eigenvalue weighted by atomic mass is 9.97. The molecule has 0 unspecified atom stereocenters. The van der Waals surface area contributed by atoms with Crippen LogP contribution in [0.2, 0.25) is 0 Å². The molecule has 3 saturated heterocycles. The Kier molecular flexibility index (Phi) is 7.30. The molecular formula is C22H34N4O4. The van der Waals surface area contributed by atoms with Gasteiger partial charge >= 0.3 is 6.03 Å². The number of anilines is 1. The van der Waals surface area contributed by atoms with Gasteiger partial charge in [-0.1, -0.05) is 12.1 Å². The average Bonchev–Trinajstić information content (AvgIpc) is 3.34. The van der Waals surface area contributed by atoms with E-state index in [-0.39, 0.29) is 6.03 Å². The van der Waals surface area contributed by atoms with Crippen LogP contribution in [-0.4, -0.2) is 101 Å². The van der Waals surface area contributed by atoms with E-state index in [1.54, 1.807) is 7.11 Å². The molecule has 1 N–H and O–H groups in total. The number of morpholine rings is 1. The predicted molar refractivity (Wildman–Crippen MR) is 115 cm³/mol. The summed E-state index contributed by atoms with van der Waals surface area (Å²) in [5.41, 5.74) is 1.09. The van der Waals surface area contributed by atoms with Crippen molar-refractivity contribution in [3.8, 4) is 5.75 Å². The molecule has 8 nitrogen and oxygen atoms in total. The van der Waals surface area contributed by atoms with Crippen molar-refractivity contribution in [1.29, 1.82) is 0 Å². The molecule has 0 aliphatic carbocycles. The maximum atomic E-state index is 12.9. The highest BCUT2D eigenvalue weighted by Gasteiger charge is 2.32. The number of piperazine rings is 1. The van der Waals surface area contributed by atoms with Crippen LogP contribution < -0.4 is 15.0 Å². The molecule has 8 heteroatoms. The Hall–Kier alpha value is -2.03. The summed E-state index contributed by atoms with van der Waals surface area (Å²) < 4.78 is 16.6. The van der Waals surface area contributed by atoms with Crippen LogP contribution in [0.1, 0.15) is 6.42 Å². The standard InChI is InChI=1S/C22H34N4O4/c1-28-21-5-3-2-4-19(21)24-7-9-26(10-8-24)22(27)23-16-20(18-6-13-30-17-18)25-11-14-29-15-12-25/h2-5,18,20H,6-17H2,1H3,(H,23,27)/t18-,20+/m1/s1. The van der Waals surface area contributed by atoms with E-state index < -0.39 is 0 Å². The number of ether oxygens (including phenoxy) is 3. The van der Waals surface area contributed by atoms with Crippen LogP contribution in [0.4, 0.5) is 10.5 Å². The number of hydrogen-bond acceptors (Lipinski definition) is 6. The Bertz CT molecular complexity index is 683. The van der Waals surface area contributed by atoms with E-state index in [0.717, 1.165) is 70.5 Å². The minimum atomic E-state index is 0.0341. The summed E-state index contributed by atoms with van der Waals surface area (Å²) in [4.78, 5) is 19.5. The van der Waals surface area contributed by atoms with Crippen molar-refractivity contribution < 1.29 is 19.0 Å². The lowest BCUT2D eigenvalue weighted by Crippen LogP contribution is -2.56. The molecular weight excluding hydrogens is 384 g/mol. The second-order valence-electron chi connectivity index (χ2n) is 8.17. The van der Waals surface area contributed by atoms with E-state index in [1.807, 2.05) is 23.1 Å². The molecule has 0 saturated carbocycles. The van der Waals surface area contributed by atoms with E-state index >= 15 is 0 Å². The van der Waals surface area contributed by atoms with Gasteiger partial charge < -0.3 is 29.3 Å². The number of nitrogens with zero attached hydrogens (tertiary/aromatic N) is 3. The minimum absolute atomic E-state index is 0.0341. The quantitative estimate of drug-likeness (QED) is 0.751. The number of rotatable bonds is 6. The van der Waals surface area contributed by atoms with Gasteiger partial charge in [0.15, 0.2) is 0 Å². The number of nitrogens with one attached hydrogen (secondary N) is 1. The van der Waals surface area contributed by atoms with Crippen molar-refractivity contribution in [3.05, 3.63) is 24.3 Å². The first-order valence-electron chi connectivity index (χ1n) is 11.1. The van der Waals surface area contributed by atoms with Crippen LogP contribution in [0, 0.1) is 5.92 Å². The smallest absolute Gasteiger partial charge is 0.317 e. The average molecular weight is 419 g/mol. The summed E-state index contributed by atoms with van der Waals surface area (Å²) in [7, 11) is 1.70. The van der Waals surface area contributed by atoms with E-state index in [4.69, 9.17) is 14.2 Å². The van der Waals surface area contributed by atoms with E-state index in [9.17, 15) is 4.79 Å². The molecule has 166 valence electrons. The molecule has 4 rings (SSSR count). The lowest BCUT2D eigenvalue weighted by Gasteiger charge is -2.39. The monoisotopic (exact) mass is 418 g/mol. The van der Waals surface area contributed by atoms with Crippen LogP contribution in [0.3, 0.4) is 0 Å². The molecule has 0 aromatic heterocycles. The lowest BCUT2D eigenvalue weighted by molar-refractivity contribution is 0.00185. The van der Waals surface area contributed by atoms with E-state index in [2.05, 4.69) is 21.2 Å².